The summed E-state index contributed by atoms with van der Waals surface area (Å²) in [6.07, 6.45) is 0. The Morgan fingerprint density at radius 3 is 0.889 bits per heavy atom. The summed E-state index contributed by atoms with van der Waals surface area (Å²) in [4.78, 5) is 0. The van der Waals surface area contributed by atoms with E-state index in [1.54, 1.807) is 0 Å². The summed E-state index contributed by atoms with van der Waals surface area (Å²) in [6, 6.07) is 0. The van der Waals surface area contributed by atoms with Crippen molar-refractivity contribution < 1.29 is 28.2 Å². The van der Waals surface area contributed by atoms with E-state index in [4.69, 9.17) is 0 Å². The fourth-order valence-electron chi connectivity index (χ4n) is 0. The van der Waals surface area contributed by atoms with Gasteiger partial charge in [0.15, 0.2) is 0 Å². The molecular formula is CHF7S. The zero-order valence-corrected chi connectivity index (χ0v) is 4.45. The maximum atomic E-state index is 10.6. The highest BCUT2D eigenvalue weighted by Gasteiger charge is 2.72. The summed E-state index contributed by atoms with van der Waals surface area (Å²) in [5, 5.41) is 0. The van der Waals surface area contributed by atoms with Crippen molar-refractivity contribution >= 4 is 10.2 Å². The first-order valence-electron chi connectivity index (χ1n) is 1.44. The van der Waals surface area contributed by atoms with Crippen molar-refractivity contribution in [3.8, 4) is 0 Å². The number of hydrogen-bond acceptors (Lipinski definition) is 0. The Morgan fingerprint density at radius 1 is 0.778 bits per heavy atom. The average Bonchev–Trinajstić information content (AvgIpc) is 1.24. The van der Waals surface area contributed by atoms with Crippen LogP contribution < -0.4 is 0 Å². The Bertz CT molecular complexity index is 112. The molecule has 0 saturated heterocycles. The van der Waals surface area contributed by atoms with Crippen LogP contribution in [0.25, 0.3) is 0 Å². The SMILES string of the molecule is FC(F)S(F)(F)(F)(F)F. The lowest BCUT2D eigenvalue weighted by Gasteiger charge is -2.38. The van der Waals surface area contributed by atoms with Gasteiger partial charge in [-0.25, -0.2) is 0 Å². The van der Waals surface area contributed by atoms with Gasteiger partial charge in [-0.3, -0.25) is 0 Å². The lowest BCUT2D eigenvalue weighted by atomic mass is 11.7. The largest absolute Gasteiger partial charge is 0.372 e. The lowest BCUT2D eigenvalue weighted by Crippen LogP contribution is -2.15. The number of hydrogen-bond donors (Lipinski definition) is 0. The summed E-state index contributed by atoms with van der Waals surface area (Å²) in [6.45, 7) is 0. The molecule has 0 unspecified atom stereocenters. The summed E-state index contributed by atoms with van der Waals surface area (Å²) >= 11 is 0. The normalized spacial score (nSPS) is 21.3. The summed E-state index contributed by atoms with van der Waals surface area (Å²) in [5.41, 5.74) is 0. The number of alkyl halides is 2. The highest BCUT2D eigenvalue weighted by Crippen LogP contribution is 3.00. The van der Waals surface area contributed by atoms with Crippen molar-refractivity contribution in [3.05, 3.63) is 0 Å². The van der Waals surface area contributed by atoms with Crippen LogP contribution in [-0.4, -0.2) is 5.76 Å². The fraction of sp³-hybridized carbons (Fsp3) is 1.00. The molecule has 0 heterocycles. The zero-order chi connectivity index (χ0) is 7.99. The van der Waals surface area contributed by atoms with Crippen LogP contribution in [0.3, 0.4) is 0 Å². The third-order valence-corrected chi connectivity index (χ3v) is 1.01. The van der Waals surface area contributed by atoms with Crippen LogP contribution in [0.1, 0.15) is 0 Å². The van der Waals surface area contributed by atoms with Gasteiger partial charge in [-0.2, -0.15) is 8.78 Å². The molecule has 0 radical (unpaired) electrons. The molecule has 0 aromatic heterocycles. The highest BCUT2D eigenvalue weighted by atomic mass is 32.5. The second-order valence-electron chi connectivity index (χ2n) is 1.29. The Labute approximate surface area is 45.4 Å². The second kappa shape index (κ2) is 1.16. The van der Waals surface area contributed by atoms with Gasteiger partial charge in [0, 0.05) is 0 Å². The van der Waals surface area contributed by atoms with Crippen LogP contribution in [0, 0.1) is 0 Å². The molecule has 0 amide bonds. The minimum atomic E-state index is -10.4. The molecule has 0 N–H and O–H groups in total. The van der Waals surface area contributed by atoms with E-state index in [1.807, 2.05) is 0 Å². The predicted octanol–water partition coefficient (Wildman–Crippen LogP) is 3.51. The molecule has 0 fully saturated rings. The van der Waals surface area contributed by atoms with Crippen molar-refractivity contribution in [1.82, 2.24) is 0 Å². The van der Waals surface area contributed by atoms with E-state index in [2.05, 4.69) is 0 Å². The molecule has 0 aliphatic rings. The summed E-state index contributed by atoms with van der Waals surface area (Å²) in [5.74, 6) is -5.52. The van der Waals surface area contributed by atoms with Crippen LogP contribution in [0.5, 0.6) is 0 Å². The topological polar surface area (TPSA) is 0 Å². The van der Waals surface area contributed by atoms with Crippen molar-refractivity contribution in [2.45, 2.75) is 5.76 Å². The molecule has 0 atom stereocenters. The van der Waals surface area contributed by atoms with Crippen LogP contribution in [0.4, 0.5) is 28.2 Å². The van der Waals surface area contributed by atoms with Crippen molar-refractivity contribution in [2.24, 2.45) is 0 Å². The van der Waals surface area contributed by atoms with E-state index in [1.165, 1.54) is 0 Å². The first kappa shape index (κ1) is 8.86. The molecule has 60 valence electrons. The van der Waals surface area contributed by atoms with Crippen LogP contribution in [-0.2, 0) is 0 Å². The first-order valence-corrected chi connectivity index (χ1v) is 3.46. The van der Waals surface area contributed by atoms with Gasteiger partial charge in [0.1, 0.15) is 0 Å². The lowest BCUT2D eigenvalue weighted by molar-refractivity contribution is 0.160. The van der Waals surface area contributed by atoms with Crippen molar-refractivity contribution in [1.29, 1.82) is 0 Å². The predicted molar refractivity (Wildman–Crippen MR) is 19.1 cm³/mol. The van der Waals surface area contributed by atoms with E-state index in [0.717, 1.165) is 0 Å². The van der Waals surface area contributed by atoms with Crippen molar-refractivity contribution in [2.75, 3.05) is 0 Å². The zero-order valence-electron chi connectivity index (χ0n) is 3.63. The maximum Gasteiger partial charge on any atom is 0.372 e. The molecule has 0 spiro atoms. The van der Waals surface area contributed by atoms with Gasteiger partial charge in [-0.05, 0) is 0 Å². The molecule has 0 bridgehead atoms. The third kappa shape index (κ3) is 2.78. The van der Waals surface area contributed by atoms with E-state index >= 15 is 0 Å². The molecule has 8 heteroatoms. The van der Waals surface area contributed by atoms with Crippen LogP contribution in [0.2, 0.25) is 0 Å². The summed E-state index contributed by atoms with van der Waals surface area (Å²) in [7, 11) is -10.4. The van der Waals surface area contributed by atoms with E-state index in [-0.39, 0.29) is 0 Å². The van der Waals surface area contributed by atoms with Gasteiger partial charge >= 0.3 is 16.0 Å². The fourth-order valence-corrected chi connectivity index (χ4v) is 0. The monoisotopic (exact) mass is 178 g/mol. The molecule has 0 aliphatic carbocycles. The van der Waals surface area contributed by atoms with Crippen molar-refractivity contribution in [3.63, 3.8) is 0 Å². The standard InChI is InChI=1S/CHF7S/c2-1(3)9(4,5,6,7)8/h1H. The second-order valence-corrected chi connectivity index (χ2v) is 3.70. The molecule has 0 rings (SSSR count). The molecule has 0 saturated carbocycles. The molecular weight excluding hydrogens is 177 g/mol. The maximum absolute atomic E-state index is 10.6. The van der Waals surface area contributed by atoms with Gasteiger partial charge in [0.05, 0.1) is 0 Å². The third-order valence-electron chi connectivity index (χ3n) is 0.337. The smallest absolute Gasteiger partial charge is 0.188 e. The Hall–Kier alpha value is -0.140. The minimum Gasteiger partial charge on any atom is -0.188 e. The number of rotatable bonds is 1. The molecule has 9 heavy (non-hydrogen) atoms. The van der Waals surface area contributed by atoms with Gasteiger partial charge in [0.25, 0.3) is 0 Å². The first-order chi connectivity index (χ1) is 3.43. The number of halogens is 7. The molecule has 0 nitrogen and oxygen atoms in total. The van der Waals surface area contributed by atoms with Gasteiger partial charge in [-0.1, -0.05) is 19.4 Å². The Morgan fingerprint density at radius 2 is 0.889 bits per heavy atom. The van der Waals surface area contributed by atoms with Gasteiger partial charge < -0.3 is 0 Å². The molecule has 0 aliphatic heterocycles. The van der Waals surface area contributed by atoms with Gasteiger partial charge in [-0.15, -0.1) is 0 Å². The highest BCUT2D eigenvalue weighted by molar-refractivity contribution is 8.46. The average molecular weight is 178 g/mol. The molecule has 0 aromatic carbocycles. The Kier molecular flexibility index (Phi) is 1.14. The van der Waals surface area contributed by atoms with Crippen LogP contribution >= 0.6 is 10.2 Å². The summed E-state index contributed by atoms with van der Waals surface area (Å²) < 4.78 is 73.9. The van der Waals surface area contributed by atoms with E-state index in [0.29, 0.717) is 0 Å². The minimum absolute atomic E-state index is 5.52. The van der Waals surface area contributed by atoms with E-state index in [9.17, 15) is 28.2 Å². The van der Waals surface area contributed by atoms with Gasteiger partial charge in [0.2, 0.25) is 0 Å². The Balaban J connectivity index is 4.76. The van der Waals surface area contributed by atoms with Crippen LogP contribution in [0.15, 0.2) is 0 Å². The molecule has 0 aromatic rings. The van der Waals surface area contributed by atoms with E-state index < -0.39 is 16.0 Å². The quantitative estimate of drug-likeness (QED) is 0.539.